The minimum absolute atomic E-state index is 0.0460. The highest BCUT2D eigenvalue weighted by Gasteiger charge is 2.47. The molecular weight excluding hydrogens is 336 g/mol. The molecule has 1 N–H and O–H groups in total. The first-order valence-electron chi connectivity index (χ1n) is 9.89. The zero-order valence-corrected chi connectivity index (χ0v) is 16.0. The fourth-order valence-electron chi connectivity index (χ4n) is 4.85. The molecule has 2 saturated heterocycles. The lowest BCUT2D eigenvalue weighted by atomic mass is 9.69. The Morgan fingerprint density at radius 2 is 1.85 bits per heavy atom. The van der Waals surface area contributed by atoms with Gasteiger partial charge in [0.25, 0.3) is 5.91 Å². The molecule has 27 heavy (non-hydrogen) atoms. The average Bonchev–Trinajstić information content (AvgIpc) is 2.74. The molecule has 1 amide bonds. The van der Waals surface area contributed by atoms with Gasteiger partial charge in [0.05, 0.1) is 6.61 Å². The summed E-state index contributed by atoms with van der Waals surface area (Å²) in [5, 5.41) is 10.1. The van der Waals surface area contributed by atoms with E-state index in [0.29, 0.717) is 6.54 Å². The Balaban J connectivity index is 1.55. The molecule has 2 aromatic carbocycles. The maximum Gasteiger partial charge on any atom is 0.253 e. The first-order chi connectivity index (χ1) is 13.1. The molecule has 2 aliphatic rings. The van der Waals surface area contributed by atoms with E-state index >= 15 is 0 Å². The van der Waals surface area contributed by atoms with Crippen molar-refractivity contribution in [2.75, 3.05) is 33.3 Å². The Hall–Kier alpha value is -2.17. The maximum atomic E-state index is 13.2. The smallest absolute Gasteiger partial charge is 0.253 e. The number of likely N-dealkylation sites (tertiary alicyclic amines) is 2. The number of fused-ring (bicyclic) bond motifs is 1. The quantitative estimate of drug-likeness (QED) is 0.909. The highest BCUT2D eigenvalue weighted by atomic mass is 16.3. The third-order valence-corrected chi connectivity index (χ3v) is 6.52. The van der Waals surface area contributed by atoms with Crippen molar-refractivity contribution in [3.05, 3.63) is 60.2 Å². The number of amides is 1. The number of nitrogens with zero attached hydrogens (tertiary/aromatic N) is 2. The van der Waals surface area contributed by atoms with E-state index in [1.807, 2.05) is 47.4 Å². The third kappa shape index (κ3) is 3.40. The first kappa shape index (κ1) is 18.2. The number of carbonyl (C=O) groups is 1. The largest absolute Gasteiger partial charge is 0.396 e. The Bertz CT molecular complexity index is 807. The lowest BCUT2D eigenvalue weighted by molar-refractivity contribution is -0.0601. The standard InChI is InChI=1S/C23H28N2O2/c1-24-13-6-11-23(17-26)12-14-25(16-21(23)24)22(27)20-10-5-9-19(15-20)18-7-3-2-4-8-18/h2-5,7-10,15,21,26H,6,11-14,16-17H2,1H3/t21-,23-/m1/s1. The number of piperidine rings is 2. The number of rotatable bonds is 3. The summed E-state index contributed by atoms with van der Waals surface area (Å²) in [6.45, 7) is 2.68. The van der Waals surface area contributed by atoms with Crippen LogP contribution in [0.2, 0.25) is 0 Å². The van der Waals surface area contributed by atoms with Crippen molar-refractivity contribution >= 4 is 5.91 Å². The summed E-state index contributed by atoms with van der Waals surface area (Å²) in [5.41, 5.74) is 2.89. The van der Waals surface area contributed by atoms with Gasteiger partial charge in [0.2, 0.25) is 0 Å². The number of benzene rings is 2. The van der Waals surface area contributed by atoms with Gasteiger partial charge in [-0.3, -0.25) is 4.79 Å². The second kappa shape index (κ2) is 7.45. The van der Waals surface area contributed by atoms with Crippen molar-refractivity contribution in [1.29, 1.82) is 0 Å². The van der Waals surface area contributed by atoms with Crippen LogP contribution in [0.15, 0.2) is 54.6 Å². The topological polar surface area (TPSA) is 43.8 Å². The predicted molar refractivity (Wildman–Crippen MR) is 108 cm³/mol. The zero-order chi connectivity index (χ0) is 18.9. The Kier molecular flexibility index (Phi) is 5.02. The van der Waals surface area contributed by atoms with Crippen LogP contribution in [0.25, 0.3) is 11.1 Å². The van der Waals surface area contributed by atoms with Crippen molar-refractivity contribution in [3.8, 4) is 11.1 Å². The SMILES string of the molecule is CN1CCC[C@]2(CO)CCN(C(=O)c3cccc(-c4ccccc4)c3)C[C@@H]12. The van der Waals surface area contributed by atoms with E-state index in [1.54, 1.807) is 0 Å². The molecule has 2 heterocycles. The Labute approximate surface area is 161 Å². The number of hydrogen-bond acceptors (Lipinski definition) is 3. The first-order valence-corrected chi connectivity index (χ1v) is 9.89. The van der Waals surface area contributed by atoms with Crippen LogP contribution in [-0.4, -0.2) is 60.1 Å². The van der Waals surface area contributed by atoms with Crippen LogP contribution >= 0.6 is 0 Å². The molecule has 0 saturated carbocycles. The number of carbonyl (C=O) groups excluding carboxylic acids is 1. The molecule has 4 heteroatoms. The van der Waals surface area contributed by atoms with E-state index in [2.05, 4.69) is 24.1 Å². The number of likely N-dealkylation sites (N-methyl/N-ethyl adjacent to an activating group) is 1. The summed E-state index contributed by atoms with van der Waals surface area (Å²) in [6, 6.07) is 18.3. The monoisotopic (exact) mass is 364 g/mol. The van der Waals surface area contributed by atoms with Crippen molar-refractivity contribution in [2.45, 2.75) is 25.3 Å². The highest BCUT2D eigenvalue weighted by molar-refractivity contribution is 5.95. The predicted octanol–water partition coefficient (Wildman–Crippen LogP) is 3.27. The second-order valence-electron chi connectivity index (χ2n) is 8.07. The molecule has 0 aromatic heterocycles. The van der Waals surface area contributed by atoms with E-state index in [1.165, 1.54) is 0 Å². The Morgan fingerprint density at radius 1 is 1.07 bits per heavy atom. The van der Waals surface area contributed by atoms with Gasteiger partial charge in [-0.05, 0) is 56.1 Å². The minimum Gasteiger partial charge on any atom is -0.396 e. The van der Waals surface area contributed by atoms with Crippen LogP contribution in [0.3, 0.4) is 0 Å². The number of hydrogen-bond donors (Lipinski definition) is 1. The summed E-state index contributed by atoms with van der Waals surface area (Å²) < 4.78 is 0. The maximum absolute atomic E-state index is 13.2. The van der Waals surface area contributed by atoms with E-state index in [4.69, 9.17) is 0 Å². The van der Waals surface area contributed by atoms with Gasteiger partial charge < -0.3 is 14.9 Å². The van der Waals surface area contributed by atoms with Crippen LogP contribution in [0, 0.1) is 5.41 Å². The van der Waals surface area contributed by atoms with Gasteiger partial charge in [-0.15, -0.1) is 0 Å². The summed E-state index contributed by atoms with van der Waals surface area (Å²) in [4.78, 5) is 17.5. The molecule has 142 valence electrons. The van der Waals surface area contributed by atoms with Crippen LogP contribution in [-0.2, 0) is 0 Å². The molecule has 2 aromatic rings. The van der Waals surface area contributed by atoms with Gasteiger partial charge in [-0.1, -0.05) is 42.5 Å². The van der Waals surface area contributed by atoms with E-state index in [-0.39, 0.29) is 24.0 Å². The molecule has 0 aliphatic carbocycles. The summed E-state index contributed by atoms with van der Waals surface area (Å²) in [5.74, 6) is 0.0956. The summed E-state index contributed by atoms with van der Waals surface area (Å²) in [7, 11) is 2.12. The normalized spacial score (nSPS) is 25.9. The lowest BCUT2D eigenvalue weighted by Crippen LogP contribution is -2.62. The zero-order valence-electron chi connectivity index (χ0n) is 16.0. The number of aliphatic hydroxyl groups excluding tert-OH is 1. The van der Waals surface area contributed by atoms with Crippen LogP contribution < -0.4 is 0 Å². The van der Waals surface area contributed by atoms with E-state index < -0.39 is 0 Å². The summed E-state index contributed by atoms with van der Waals surface area (Å²) in [6.07, 6.45) is 3.06. The van der Waals surface area contributed by atoms with Crippen LogP contribution in [0.4, 0.5) is 0 Å². The second-order valence-corrected chi connectivity index (χ2v) is 8.07. The van der Waals surface area contributed by atoms with Crippen molar-refractivity contribution in [1.82, 2.24) is 9.80 Å². The van der Waals surface area contributed by atoms with Crippen LogP contribution in [0.1, 0.15) is 29.6 Å². The molecule has 4 nitrogen and oxygen atoms in total. The fourth-order valence-corrected chi connectivity index (χ4v) is 4.85. The van der Waals surface area contributed by atoms with Crippen molar-refractivity contribution < 1.29 is 9.90 Å². The van der Waals surface area contributed by atoms with Crippen LogP contribution in [0.5, 0.6) is 0 Å². The molecule has 2 fully saturated rings. The lowest BCUT2D eigenvalue weighted by Gasteiger charge is -2.53. The molecule has 0 bridgehead atoms. The van der Waals surface area contributed by atoms with Gasteiger partial charge in [-0.2, -0.15) is 0 Å². The highest BCUT2D eigenvalue weighted by Crippen LogP contribution is 2.41. The van der Waals surface area contributed by atoms with Gasteiger partial charge in [-0.25, -0.2) is 0 Å². The van der Waals surface area contributed by atoms with Gasteiger partial charge in [0.15, 0.2) is 0 Å². The molecule has 2 aliphatic heterocycles. The Morgan fingerprint density at radius 3 is 2.63 bits per heavy atom. The van der Waals surface area contributed by atoms with Gasteiger partial charge >= 0.3 is 0 Å². The van der Waals surface area contributed by atoms with Crippen molar-refractivity contribution in [2.24, 2.45) is 5.41 Å². The fraction of sp³-hybridized carbons (Fsp3) is 0.435. The van der Waals surface area contributed by atoms with Gasteiger partial charge in [0.1, 0.15) is 0 Å². The molecular formula is C23H28N2O2. The molecule has 2 atom stereocenters. The molecule has 4 rings (SSSR count). The van der Waals surface area contributed by atoms with E-state index in [0.717, 1.165) is 49.0 Å². The number of aliphatic hydroxyl groups is 1. The molecule has 0 spiro atoms. The van der Waals surface area contributed by atoms with Crippen molar-refractivity contribution in [3.63, 3.8) is 0 Å². The minimum atomic E-state index is -0.0460. The third-order valence-electron chi connectivity index (χ3n) is 6.52. The summed E-state index contributed by atoms with van der Waals surface area (Å²) >= 11 is 0. The average molecular weight is 364 g/mol. The molecule has 0 unspecified atom stereocenters. The van der Waals surface area contributed by atoms with E-state index in [9.17, 15) is 9.90 Å². The van der Waals surface area contributed by atoms with Gasteiger partial charge in [0, 0.05) is 30.1 Å². The molecule has 0 radical (unpaired) electrons.